The summed E-state index contributed by atoms with van der Waals surface area (Å²) < 4.78 is 5.44. The van der Waals surface area contributed by atoms with E-state index < -0.39 is 11.6 Å². The fraction of sp³-hybridized carbons (Fsp3) is 0.364. The van der Waals surface area contributed by atoms with Crippen molar-refractivity contribution in [2.45, 2.75) is 12.0 Å². The van der Waals surface area contributed by atoms with E-state index in [1.165, 1.54) is 6.07 Å². The minimum Gasteiger partial charge on any atom is -0.504 e. The maximum Gasteiger partial charge on any atom is 0.349 e. The predicted octanol–water partition coefficient (Wildman–Crippen LogP) is 0.588. The summed E-state index contributed by atoms with van der Waals surface area (Å²) >= 11 is 0. The summed E-state index contributed by atoms with van der Waals surface area (Å²) in [4.78, 5) is 11.2. The van der Waals surface area contributed by atoms with Crippen molar-refractivity contribution in [2.75, 3.05) is 13.1 Å². The van der Waals surface area contributed by atoms with E-state index in [2.05, 4.69) is 5.32 Å². The number of phenols is 1. The molecule has 1 unspecified atom stereocenters. The number of ether oxygens (including phenoxy) is 1. The van der Waals surface area contributed by atoms with Crippen LogP contribution in [-0.2, 0) is 4.79 Å². The second kappa shape index (κ2) is 4.02. The van der Waals surface area contributed by atoms with E-state index in [1.54, 1.807) is 18.2 Å². The Hall–Kier alpha value is -1.75. The third-order valence-electron chi connectivity index (χ3n) is 2.68. The highest BCUT2D eigenvalue weighted by atomic mass is 16.5. The quantitative estimate of drug-likeness (QED) is 0.699. The lowest BCUT2D eigenvalue weighted by Crippen LogP contribution is -2.46. The molecule has 0 bridgehead atoms. The molecule has 0 amide bonds. The number of hydrogen-bond acceptors (Lipinski definition) is 4. The summed E-state index contributed by atoms with van der Waals surface area (Å²) in [6, 6.07) is 6.36. The van der Waals surface area contributed by atoms with E-state index in [9.17, 15) is 9.90 Å². The molecule has 1 aliphatic rings. The molecule has 2 rings (SSSR count). The number of phenolic OH excluding ortho intramolecular Hbond substituents is 1. The van der Waals surface area contributed by atoms with Crippen molar-refractivity contribution in [1.29, 1.82) is 0 Å². The van der Waals surface area contributed by atoms with Gasteiger partial charge in [0.15, 0.2) is 11.5 Å². The normalized spacial score (nSPS) is 24.2. The van der Waals surface area contributed by atoms with Crippen LogP contribution in [-0.4, -0.2) is 34.9 Å². The lowest BCUT2D eigenvalue weighted by atomic mass is 10.0. The molecule has 1 fully saturated rings. The molecule has 0 aromatic heterocycles. The van der Waals surface area contributed by atoms with Gasteiger partial charge in [0.1, 0.15) is 0 Å². The zero-order valence-electron chi connectivity index (χ0n) is 8.64. The lowest BCUT2D eigenvalue weighted by Gasteiger charge is -2.25. The monoisotopic (exact) mass is 223 g/mol. The van der Waals surface area contributed by atoms with Crippen molar-refractivity contribution >= 4 is 5.97 Å². The molecule has 0 spiro atoms. The summed E-state index contributed by atoms with van der Waals surface area (Å²) in [7, 11) is 0. The van der Waals surface area contributed by atoms with Gasteiger partial charge in [-0.25, -0.2) is 4.79 Å². The van der Waals surface area contributed by atoms with E-state index in [0.717, 1.165) is 0 Å². The van der Waals surface area contributed by atoms with Crippen LogP contribution in [0.25, 0.3) is 0 Å². The Morgan fingerprint density at radius 1 is 1.44 bits per heavy atom. The van der Waals surface area contributed by atoms with E-state index in [-0.39, 0.29) is 18.0 Å². The molecule has 1 aliphatic heterocycles. The maximum absolute atomic E-state index is 11.2. The maximum atomic E-state index is 11.2. The van der Waals surface area contributed by atoms with Gasteiger partial charge in [-0.3, -0.25) is 0 Å². The Morgan fingerprint density at radius 3 is 2.75 bits per heavy atom. The van der Waals surface area contributed by atoms with Crippen LogP contribution >= 0.6 is 0 Å². The molecular weight excluding hydrogens is 210 g/mol. The summed E-state index contributed by atoms with van der Waals surface area (Å²) in [5, 5.41) is 21.6. The first-order valence-electron chi connectivity index (χ1n) is 5.05. The molecule has 1 atom stereocenters. The largest absolute Gasteiger partial charge is 0.504 e. The molecule has 5 nitrogen and oxygen atoms in total. The summed E-state index contributed by atoms with van der Waals surface area (Å²) in [5.74, 6) is -0.857. The number of nitrogens with one attached hydrogen (secondary N) is 1. The molecule has 3 N–H and O–H groups in total. The number of benzene rings is 1. The van der Waals surface area contributed by atoms with Crippen LogP contribution in [0.3, 0.4) is 0 Å². The molecular formula is C11H13NO4. The topological polar surface area (TPSA) is 78.8 Å². The van der Waals surface area contributed by atoms with E-state index >= 15 is 0 Å². The van der Waals surface area contributed by atoms with Gasteiger partial charge in [-0.05, 0) is 18.7 Å². The van der Waals surface area contributed by atoms with Gasteiger partial charge in [0.2, 0.25) is 5.60 Å². The number of aliphatic carboxylic acids is 1. The highest BCUT2D eigenvalue weighted by Crippen LogP contribution is 2.31. The van der Waals surface area contributed by atoms with Crippen LogP contribution in [0.5, 0.6) is 11.5 Å². The standard InChI is InChI=1S/C11H13NO4/c13-8-3-1-2-4-9(8)16-11(10(14)15)5-6-12-7-11/h1-4,12-13H,5-7H2,(H,14,15). The van der Waals surface area contributed by atoms with Gasteiger partial charge < -0.3 is 20.3 Å². The van der Waals surface area contributed by atoms with Gasteiger partial charge in [-0.1, -0.05) is 12.1 Å². The van der Waals surface area contributed by atoms with Crippen molar-refractivity contribution in [2.24, 2.45) is 0 Å². The lowest BCUT2D eigenvalue weighted by molar-refractivity contribution is -0.153. The zero-order chi connectivity index (χ0) is 11.6. The highest BCUT2D eigenvalue weighted by molar-refractivity contribution is 5.79. The van der Waals surface area contributed by atoms with Crippen LogP contribution in [0, 0.1) is 0 Å². The first-order valence-corrected chi connectivity index (χ1v) is 5.05. The van der Waals surface area contributed by atoms with Gasteiger partial charge in [-0.2, -0.15) is 0 Å². The van der Waals surface area contributed by atoms with Crippen LogP contribution in [0.4, 0.5) is 0 Å². The fourth-order valence-corrected chi connectivity index (χ4v) is 1.74. The van der Waals surface area contributed by atoms with Crippen LogP contribution in [0.1, 0.15) is 6.42 Å². The molecule has 16 heavy (non-hydrogen) atoms. The van der Waals surface area contributed by atoms with Crippen LogP contribution < -0.4 is 10.1 Å². The number of carboxylic acid groups (broad SMARTS) is 1. The molecule has 0 radical (unpaired) electrons. The first-order chi connectivity index (χ1) is 7.64. The van der Waals surface area contributed by atoms with Crippen molar-refractivity contribution in [1.82, 2.24) is 5.32 Å². The van der Waals surface area contributed by atoms with Crippen molar-refractivity contribution in [3.63, 3.8) is 0 Å². The first kappa shape index (κ1) is 10.8. The van der Waals surface area contributed by atoms with Crippen molar-refractivity contribution in [3.05, 3.63) is 24.3 Å². The molecule has 0 saturated carbocycles. The Morgan fingerprint density at radius 2 is 2.19 bits per heavy atom. The number of aromatic hydroxyl groups is 1. The Kier molecular flexibility index (Phi) is 2.70. The fourth-order valence-electron chi connectivity index (χ4n) is 1.74. The summed E-state index contributed by atoms with van der Waals surface area (Å²) in [6.07, 6.45) is 0.386. The molecule has 1 heterocycles. The van der Waals surface area contributed by atoms with E-state index in [1.807, 2.05) is 0 Å². The van der Waals surface area contributed by atoms with Crippen molar-refractivity contribution < 1.29 is 19.7 Å². The smallest absolute Gasteiger partial charge is 0.349 e. The van der Waals surface area contributed by atoms with Crippen molar-refractivity contribution in [3.8, 4) is 11.5 Å². The zero-order valence-corrected chi connectivity index (χ0v) is 8.64. The second-order valence-electron chi connectivity index (χ2n) is 3.80. The van der Waals surface area contributed by atoms with Gasteiger partial charge in [0.25, 0.3) is 0 Å². The van der Waals surface area contributed by atoms with E-state index in [4.69, 9.17) is 9.84 Å². The molecule has 1 aromatic carbocycles. The second-order valence-corrected chi connectivity index (χ2v) is 3.80. The number of carboxylic acids is 1. The Balaban J connectivity index is 2.25. The van der Waals surface area contributed by atoms with Gasteiger partial charge >= 0.3 is 5.97 Å². The van der Waals surface area contributed by atoms with Crippen LogP contribution in [0.15, 0.2) is 24.3 Å². The van der Waals surface area contributed by atoms with Crippen LogP contribution in [0.2, 0.25) is 0 Å². The number of rotatable bonds is 3. The molecule has 86 valence electrons. The number of carbonyl (C=O) groups is 1. The highest BCUT2D eigenvalue weighted by Gasteiger charge is 2.44. The molecule has 5 heteroatoms. The van der Waals surface area contributed by atoms with Gasteiger partial charge in [0, 0.05) is 13.0 Å². The summed E-state index contributed by atoms with van der Waals surface area (Å²) in [5.41, 5.74) is -1.27. The SMILES string of the molecule is O=C(O)C1(Oc2ccccc2O)CCNC1. The molecule has 1 saturated heterocycles. The van der Waals surface area contributed by atoms with Gasteiger partial charge in [0.05, 0.1) is 0 Å². The average Bonchev–Trinajstić information content (AvgIpc) is 2.71. The number of hydrogen-bond donors (Lipinski definition) is 3. The third kappa shape index (κ3) is 1.81. The molecule has 1 aromatic rings. The summed E-state index contributed by atoms with van der Waals surface area (Å²) in [6.45, 7) is 0.844. The van der Waals surface area contributed by atoms with E-state index in [0.29, 0.717) is 13.0 Å². The third-order valence-corrected chi connectivity index (χ3v) is 2.68. The predicted molar refractivity (Wildman–Crippen MR) is 56.6 cm³/mol. The minimum atomic E-state index is -1.27. The molecule has 0 aliphatic carbocycles. The average molecular weight is 223 g/mol. The van der Waals surface area contributed by atoms with Gasteiger partial charge in [-0.15, -0.1) is 0 Å². The Labute approximate surface area is 92.7 Å². The Bertz CT molecular complexity index is 399. The minimum absolute atomic E-state index is 0.0463. The number of para-hydroxylation sites is 2.